The van der Waals surface area contributed by atoms with Crippen LogP contribution in [0, 0.1) is 0 Å². The molecular formula is C33H35N3O9S. The number of anilines is 1. The number of carbonyl (C=O) groups is 1. The predicted molar refractivity (Wildman–Crippen MR) is 169 cm³/mol. The standard InChI is InChI=1S/C33H35N3O9S/c1-40-26-11-10-23(30(15-26)43-4)18-36-25(20-44-19-22-8-6-5-7-9-22)21-45-32-28(33(36)37)14-24(17-34-32)35-46(38,39)31-16-27(41-2)12-13-29(31)42-3/h5-17,25,35H,18-21H2,1-4H3/t25-/m0/s1. The Labute approximate surface area is 267 Å². The average molecular weight is 650 g/mol. The van der Waals surface area contributed by atoms with Gasteiger partial charge in [-0.25, -0.2) is 13.4 Å². The summed E-state index contributed by atoms with van der Waals surface area (Å²) in [6, 6.07) is 20.4. The van der Waals surface area contributed by atoms with Gasteiger partial charge in [-0.3, -0.25) is 9.52 Å². The van der Waals surface area contributed by atoms with Gasteiger partial charge in [0.05, 0.1) is 66.1 Å². The topological polar surface area (TPSA) is 135 Å². The van der Waals surface area contributed by atoms with Crippen molar-refractivity contribution in [1.29, 1.82) is 0 Å². The molecular weight excluding hydrogens is 614 g/mol. The molecule has 0 unspecified atom stereocenters. The maximum Gasteiger partial charge on any atom is 0.265 e. The zero-order valence-corrected chi connectivity index (χ0v) is 26.7. The molecule has 1 aromatic heterocycles. The molecule has 0 spiro atoms. The monoisotopic (exact) mass is 649 g/mol. The number of ether oxygens (including phenoxy) is 6. The Morgan fingerprint density at radius 3 is 2.33 bits per heavy atom. The molecule has 242 valence electrons. The van der Waals surface area contributed by atoms with Gasteiger partial charge in [0.25, 0.3) is 15.9 Å². The van der Waals surface area contributed by atoms with Crippen LogP contribution >= 0.6 is 0 Å². The Hall–Kier alpha value is -5.01. The van der Waals surface area contributed by atoms with Crippen molar-refractivity contribution in [1.82, 2.24) is 9.88 Å². The summed E-state index contributed by atoms with van der Waals surface area (Å²) < 4.78 is 62.8. The van der Waals surface area contributed by atoms with Gasteiger partial charge in [-0.05, 0) is 35.9 Å². The van der Waals surface area contributed by atoms with E-state index in [0.717, 1.165) is 11.1 Å². The van der Waals surface area contributed by atoms with E-state index in [1.807, 2.05) is 36.4 Å². The largest absolute Gasteiger partial charge is 0.497 e. The van der Waals surface area contributed by atoms with Crippen LogP contribution in [0.3, 0.4) is 0 Å². The van der Waals surface area contributed by atoms with E-state index in [-0.39, 0.29) is 47.5 Å². The molecule has 0 bridgehead atoms. The van der Waals surface area contributed by atoms with Gasteiger partial charge in [0.1, 0.15) is 40.1 Å². The highest BCUT2D eigenvalue weighted by atomic mass is 32.2. The van der Waals surface area contributed by atoms with Crippen molar-refractivity contribution in [2.75, 3.05) is 46.4 Å². The molecule has 1 aliphatic rings. The summed E-state index contributed by atoms with van der Waals surface area (Å²) in [7, 11) is 1.72. The van der Waals surface area contributed by atoms with Crippen molar-refractivity contribution < 1.29 is 41.6 Å². The third-order valence-electron chi connectivity index (χ3n) is 7.36. The Kier molecular flexibility index (Phi) is 10.1. The first-order valence-corrected chi connectivity index (χ1v) is 15.8. The number of sulfonamides is 1. The van der Waals surface area contributed by atoms with Gasteiger partial charge in [-0.2, -0.15) is 0 Å². The van der Waals surface area contributed by atoms with Crippen molar-refractivity contribution in [3.05, 3.63) is 95.7 Å². The van der Waals surface area contributed by atoms with Crippen LogP contribution in [-0.4, -0.2) is 71.9 Å². The van der Waals surface area contributed by atoms with Gasteiger partial charge in [-0.1, -0.05) is 30.3 Å². The summed E-state index contributed by atoms with van der Waals surface area (Å²) in [6.07, 6.45) is 1.29. The van der Waals surface area contributed by atoms with Crippen LogP contribution in [-0.2, 0) is 27.9 Å². The molecule has 3 aromatic carbocycles. The van der Waals surface area contributed by atoms with Crippen LogP contribution in [0.25, 0.3) is 0 Å². The van der Waals surface area contributed by atoms with E-state index in [9.17, 15) is 13.2 Å². The van der Waals surface area contributed by atoms with Crippen LogP contribution in [0.4, 0.5) is 5.69 Å². The van der Waals surface area contributed by atoms with Crippen LogP contribution in [0.15, 0.2) is 83.9 Å². The first-order chi connectivity index (χ1) is 22.3. The van der Waals surface area contributed by atoms with E-state index in [4.69, 9.17) is 28.4 Å². The molecule has 0 aliphatic carbocycles. The molecule has 1 amide bonds. The maximum absolute atomic E-state index is 14.3. The van der Waals surface area contributed by atoms with E-state index in [1.165, 1.54) is 38.6 Å². The molecule has 13 heteroatoms. The lowest BCUT2D eigenvalue weighted by atomic mass is 10.1. The Balaban J connectivity index is 1.46. The molecule has 0 saturated heterocycles. The normalized spacial score (nSPS) is 14.5. The zero-order valence-electron chi connectivity index (χ0n) is 25.9. The summed E-state index contributed by atoms with van der Waals surface area (Å²) in [4.78, 5) is 20.0. The minimum absolute atomic E-state index is 0.0568. The van der Waals surface area contributed by atoms with Gasteiger partial charge < -0.3 is 33.3 Å². The minimum atomic E-state index is -4.18. The second-order valence-corrected chi connectivity index (χ2v) is 11.9. The third kappa shape index (κ3) is 7.27. The second-order valence-electron chi connectivity index (χ2n) is 10.3. The van der Waals surface area contributed by atoms with Gasteiger partial charge in [0.2, 0.25) is 5.88 Å². The Morgan fingerprint density at radius 1 is 0.891 bits per heavy atom. The lowest BCUT2D eigenvalue weighted by Crippen LogP contribution is -2.44. The van der Waals surface area contributed by atoms with E-state index in [2.05, 4.69) is 9.71 Å². The van der Waals surface area contributed by atoms with Crippen LogP contribution in [0.1, 0.15) is 21.5 Å². The zero-order chi connectivity index (χ0) is 32.7. The van der Waals surface area contributed by atoms with Crippen molar-refractivity contribution in [2.45, 2.75) is 24.1 Å². The average Bonchev–Trinajstić information content (AvgIpc) is 3.20. The van der Waals surface area contributed by atoms with E-state index in [0.29, 0.717) is 23.9 Å². The van der Waals surface area contributed by atoms with Crippen molar-refractivity contribution >= 4 is 21.6 Å². The van der Waals surface area contributed by atoms with E-state index >= 15 is 0 Å². The van der Waals surface area contributed by atoms with Gasteiger partial charge >= 0.3 is 0 Å². The molecule has 12 nitrogen and oxygen atoms in total. The number of hydrogen-bond acceptors (Lipinski definition) is 10. The highest BCUT2D eigenvalue weighted by Gasteiger charge is 2.33. The molecule has 1 atom stereocenters. The molecule has 1 aliphatic heterocycles. The number of pyridine rings is 1. The van der Waals surface area contributed by atoms with Gasteiger partial charge in [0, 0.05) is 17.7 Å². The summed E-state index contributed by atoms with van der Waals surface area (Å²) in [5, 5.41) is 0. The first-order valence-electron chi connectivity index (χ1n) is 14.3. The van der Waals surface area contributed by atoms with Crippen molar-refractivity contribution in [3.8, 4) is 28.9 Å². The van der Waals surface area contributed by atoms with Crippen molar-refractivity contribution in [3.63, 3.8) is 0 Å². The molecule has 5 rings (SSSR count). The Morgan fingerprint density at radius 2 is 1.61 bits per heavy atom. The van der Waals surface area contributed by atoms with Crippen molar-refractivity contribution in [2.24, 2.45) is 0 Å². The molecule has 0 radical (unpaired) electrons. The number of rotatable bonds is 13. The minimum Gasteiger partial charge on any atom is -0.497 e. The maximum atomic E-state index is 14.3. The predicted octanol–water partition coefficient (Wildman–Crippen LogP) is 4.54. The summed E-state index contributed by atoms with van der Waals surface area (Å²) in [5.74, 6) is 1.24. The van der Waals surface area contributed by atoms with Crippen LogP contribution in [0.2, 0.25) is 0 Å². The number of amides is 1. The molecule has 1 N–H and O–H groups in total. The highest BCUT2D eigenvalue weighted by Crippen LogP contribution is 2.33. The molecule has 46 heavy (non-hydrogen) atoms. The summed E-state index contributed by atoms with van der Waals surface area (Å²) in [6.45, 7) is 0.745. The second kappa shape index (κ2) is 14.4. The summed E-state index contributed by atoms with van der Waals surface area (Å²) >= 11 is 0. The van der Waals surface area contributed by atoms with Crippen LogP contribution in [0.5, 0.6) is 28.9 Å². The fourth-order valence-corrected chi connectivity index (χ4v) is 6.18. The Bertz CT molecular complexity index is 1780. The van der Waals surface area contributed by atoms with Crippen LogP contribution < -0.4 is 28.4 Å². The SMILES string of the molecule is COc1ccc(CN2C(=O)c3cc(NS(=O)(=O)c4cc(OC)ccc4OC)cnc3OC[C@@H]2COCc2ccccc2)c(OC)c1. The fraction of sp³-hybridized carbons (Fsp3) is 0.273. The fourth-order valence-electron chi connectivity index (χ4n) is 4.96. The van der Waals surface area contributed by atoms with E-state index in [1.54, 1.807) is 37.3 Å². The number of hydrogen-bond donors (Lipinski definition) is 1. The molecule has 4 aromatic rings. The first kappa shape index (κ1) is 32.4. The van der Waals surface area contributed by atoms with E-state index < -0.39 is 22.0 Å². The molecule has 0 saturated carbocycles. The molecule has 2 heterocycles. The highest BCUT2D eigenvalue weighted by molar-refractivity contribution is 7.92. The number of aromatic nitrogens is 1. The number of methoxy groups -OCH3 is 4. The lowest BCUT2D eigenvalue weighted by molar-refractivity contribution is 0.0263. The number of benzene rings is 3. The quantitative estimate of drug-likeness (QED) is 0.220. The summed E-state index contributed by atoms with van der Waals surface area (Å²) in [5.41, 5.74) is 1.85. The van der Waals surface area contributed by atoms with Gasteiger partial charge in [-0.15, -0.1) is 0 Å². The molecule has 0 fully saturated rings. The smallest absolute Gasteiger partial charge is 0.265 e. The van der Waals surface area contributed by atoms with Gasteiger partial charge in [0.15, 0.2) is 0 Å². The lowest BCUT2D eigenvalue weighted by Gasteiger charge is -2.30. The number of fused-ring (bicyclic) bond motifs is 1. The number of nitrogens with zero attached hydrogens (tertiary/aromatic N) is 2. The number of carbonyl (C=O) groups excluding carboxylic acids is 1. The number of nitrogens with one attached hydrogen (secondary N) is 1. The third-order valence-corrected chi connectivity index (χ3v) is 8.77.